The Hall–Kier alpha value is -1.93. The summed E-state index contributed by atoms with van der Waals surface area (Å²) in [4.78, 5) is 24.2. The van der Waals surface area contributed by atoms with E-state index in [0.717, 1.165) is 19.3 Å². The zero-order chi connectivity index (χ0) is 19.3. The Kier molecular flexibility index (Phi) is 6.77. The summed E-state index contributed by atoms with van der Waals surface area (Å²) >= 11 is 0. The second-order valence-corrected chi connectivity index (χ2v) is 8.47. The van der Waals surface area contributed by atoms with Gasteiger partial charge in [-0.25, -0.2) is 8.42 Å². The Morgan fingerprint density at radius 2 is 2.04 bits per heavy atom. The average molecular weight is 381 g/mol. The number of benzene rings is 1. The molecule has 1 fully saturated rings. The smallest absolute Gasteiger partial charge is 0.251 e. The summed E-state index contributed by atoms with van der Waals surface area (Å²) in [5, 5.41) is 5.22. The van der Waals surface area contributed by atoms with Crippen LogP contribution in [0.5, 0.6) is 0 Å². The summed E-state index contributed by atoms with van der Waals surface area (Å²) in [5.41, 5.74) is 0.215. The first-order chi connectivity index (χ1) is 12.3. The van der Waals surface area contributed by atoms with Crippen LogP contribution in [0.3, 0.4) is 0 Å². The Morgan fingerprint density at radius 3 is 2.69 bits per heavy atom. The molecule has 8 heteroatoms. The summed E-state index contributed by atoms with van der Waals surface area (Å²) in [6, 6.07) is 5.21. The maximum Gasteiger partial charge on any atom is 0.251 e. The fourth-order valence-corrected chi connectivity index (χ4v) is 4.78. The molecule has 0 saturated carbocycles. The highest BCUT2D eigenvalue weighted by Crippen LogP contribution is 2.25. The van der Waals surface area contributed by atoms with Crippen molar-refractivity contribution in [1.29, 1.82) is 0 Å². The van der Waals surface area contributed by atoms with Crippen LogP contribution < -0.4 is 10.6 Å². The molecule has 1 aromatic carbocycles. The molecule has 2 rings (SSSR count). The molecule has 2 N–H and O–H groups in total. The number of piperidine rings is 1. The third-order valence-corrected chi connectivity index (χ3v) is 6.55. The number of hydrogen-bond donors (Lipinski definition) is 2. The van der Waals surface area contributed by atoms with Crippen LogP contribution in [0.1, 0.15) is 50.4 Å². The van der Waals surface area contributed by atoms with Gasteiger partial charge in [0.05, 0.1) is 4.90 Å². The fraction of sp³-hybridized carbons (Fsp3) is 0.556. The van der Waals surface area contributed by atoms with Crippen LogP contribution in [0.2, 0.25) is 0 Å². The Balaban J connectivity index is 2.19. The molecule has 1 heterocycles. The molecule has 0 radical (unpaired) electrons. The molecule has 144 valence electrons. The van der Waals surface area contributed by atoms with Gasteiger partial charge in [-0.1, -0.05) is 12.5 Å². The minimum Gasteiger partial charge on any atom is -0.355 e. The second kappa shape index (κ2) is 8.64. The predicted octanol–water partition coefficient (Wildman–Crippen LogP) is 1.50. The summed E-state index contributed by atoms with van der Waals surface area (Å²) in [7, 11) is -3.65. The quantitative estimate of drug-likeness (QED) is 0.781. The van der Waals surface area contributed by atoms with Crippen LogP contribution in [0, 0.1) is 0 Å². The lowest BCUT2D eigenvalue weighted by atomic mass is 10.1. The van der Waals surface area contributed by atoms with Gasteiger partial charge in [0.15, 0.2) is 0 Å². The van der Waals surface area contributed by atoms with E-state index in [1.165, 1.54) is 16.4 Å². The van der Waals surface area contributed by atoms with E-state index < -0.39 is 22.0 Å². The molecular formula is C18H27N3O4S. The number of nitrogens with one attached hydrogen (secondary N) is 2. The zero-order valence-corrected chi connectivity index (χ0v) is 16.3. The molecular weight excluding hydrogens is 354 g/mol. The van der Waals surface area contributed by atoms with Crippen LogP contribution >= 0.6 is 0 Å². The SMILES string of the molecule is CCNC(=O)C(C)NC(=O)c1cccc(S(=O)(=O)N2CCCCC2C)c1. The normalized spacial score (nSPS) is 19.6. The molecule has 2 unspecified atom stereocenters. The van der Waals surface area contributed by atoms with E-state index in [4.69, 9.17) is 0 Å². The first kappa shape index (κ1) is 20.4. The number of hydrogen-bond acceptors (Lipinski definition) is 4. The first-order valence-electron chi connectivity index (χ1n) is 8.98. The third-order valence-electron chi connectivity index (χ3n) is 4.54. The molecule has 1 aliphatic heterocycles. The van der Waals surface area contributed by atoms with Crippen LogP contribution in [0.15, 0.2) is 29.2 Å². The van der Waals surface area contributed by atoms with E-state index in [0.29, 0.717) is 13.1 Å². The van der Waals surface area contributed by atoms with Crippen molar-refractivity contribution in [2.24, 2.45) is 0 Å². The molecule has 7 nitrogen and oxygen atoms in total. The van der Waals surface area contributed by atoms with Crippen molar-refractivity contribution in [2.45, 2.75) is 57.0 Å². The topological polar surface area (TPSA) is 95.6 Å². The lowest BCUT2D eigenvalue weighted by molar-refractivity contribution is -0.122. The molecule has 1 aromatic rings. The molecule has 0 bridgehead atoms. The Labute approximate surface area is 155 Å². The van der Waals surface area contributed by atoms with Crippen molar-refractivity contribution in [3.63, 3.8) is 0 Å². The third kappa shape index (κ3) is 4.62. The van der Waals surface area contributed by atoms with E-state index >= 15 is 0 Å². The van der Waals surface area contributed by atoms with E-state index in [1.807, 2.05) is 6.92 Å². The van der Waals surface area contributed by atoms with Gasteiger partial charge < -0.3 is 10.6 Å². The molecule has 0 aromatic heterocycles. The van der Waals surface area contributed by atoms with E-state index in [9.17, 15) is 18.0 Å². The van der Waals surface area contributed by atoms with Gasteiger partial charge in [-0.2, -0.15) is 4.31 Å². The van der Waals surface area contributed by atoms with Crippen LogP contribution in [0.25, 0.3) is 0 Å². The van der Waals surface area contributed by atoms with Crippen molar-refractivity contribution in [3.8, 4) is 0 Å². The minimum atomic E-state index is -3.65. The van der Waals surface area contributed by atoms with Gasteiger partial charge in [0.1, 0.15) is 6.04 Å². The van der Waals surface area contributed by atoms with Gasteiger partial charge in [-0.3, -0.25) is 9.59 Å². The maximum absolute atomic E-state index is 12.9. The number of carbonyl (C=O) groups excluding carboxylic acids is 2. The molecule has 0 aliphatic carbocycles. The van der Waals surface area contributed by atoms with Crippen molar-refractivity contribution in [1.82, 2.24) is 14.9 Å². The van der Waals surface area contributed by atoms with E-state index in [2.05, 4.69) is 10.6 Å². The van der Waals surface area contributed by atoms with Gasteiger partial charge in [0, 0.05) is 24.7 Å². The van der Waals surface area contributed by atoms with Crippen molar-refractivity contribution in [3.05, 3.63) is 29.8 Å². The highest BCUT2D eigenvalue weighted by Gasteiger charge is 2.31. The number of nitrogens with zero attached hydrogens (tertiary/aromatic N) is 1. The molecule has 2 atom stereocenters. The molecule has 0 spiro atoms. The molecule has 1 aliphatic rings. The van der Waals surface area contributed by atoms with Gasteiger partial charge in [0.25, 0.3) is 5.91 Å². The highest BCUT2D eigenvalue weighted by molar-refractivity contribution is 7.89. The number of likely N-dealkylation sites (N-methyl/N-ethyl adjacent to an activating group) is 1. The summed E-state index contributed by atoms with van der Waals surface area (Å²) in [6.07, 6.45) is 2.70. The Morgan fingerprint density at radius 1 is 1.31 bits per heavy atom. The zero-order valence-electron chi connectivity index (χ0n) is 15.5. The van der Waals surface area contributed by atoms with Gasteiger partial charge in [-0.15, -0.1) is 0 Å². The number of sulfonamides is 1. The number of rotatable bonds is 6. The summed E-state index contributed by atoms with van der Waals surface area (Å²) < 4.78 is 27.3. The van der Waals surface area contributed by atoms with Crippen LogP contribution in [-0.4, -0.2) is 49.7 Å². The second-order valence-electron chi connectivity index (χ2n) is 6.58. The van der Waals surface area contributed by atoms with Crippen LogP contribution in [-0.2, 0) is 14.8 Å². The molecule has 1 saturated heterocycles. The lowest BCUT2D eigenvalue weighted by Crippen LogP contribution is -2.44. The average Bonchev–Trinajstić information content (AvgIpc) is 2.62. The van der Waals surface area contributed by atoms with Crippen LogP contribution in [0.4, 0.5) is 0 Å². The van der Waals surface area contributed by atoms with E-state index in [-0.39, 0.29) is 22.4 Å². The number of amides is 2. The molecule has 2 amide bonds. The van der Waals surface area contributed by atoms with Crippen molar-refractivity contribution in [2.75, 3.05) is 13.1 Å². The minimum absolute atomic E-state index is 0.0519. The first-order valence-corrected chi connectivity index (χ1v) is 10.4. The molecule has 26 heavy (non-hydrogen) atoms. The summed E-state index contributed by atoms with van der Waals surface area (Å²) in [6.45, 7) is 6.25. The predicted molar refractivity (Wildman–Crippen MR) is 99.3 cm³/mol. The standard InChI is InChI=1S/C18H27N3O4S/c1-4-19-17(22)14(3)20-18(23)15-9-7-10-16(12-15)26(24,25)21-11-6-5-8-13(21)2/h7,9-10,12-14H,4-6,8,11H2,1-3H3,(H,19,22)(H,20,23). The summed E-state index contributed by atoms with van der Waals surface area (Å²) in [5.74, 6) is -0.765. The van der Waals surface area contributed by atoms with Crippen molar-refractivity contribution < 1.29 is 18.0 Å². The van der Waals surface area contributed by atoms with Crippen molar-refractivity contribution >= 4 is 21.8 Å². The Bertz CT molecular complexity index is 763. The van der Waals surface area contributed by atoms with Gasteiger partial charge >= 0.3 is 0 Å². The lowest BCUT2D eigenvalue weighted by Gasteiger charge is -2.32. The van der Waals surface area contributed by atoms with E-state index in [1.54, 1.807) is 26.0 Å². The highest BCUT2D eigenvalue weighted by atomic mass is 32.2. The van der Waals surface area contributed by atoms with Gasteiger partial charge in [0.2, 0.25) is 15.9 Å². The number of carbonyl (C=O) groups is 2. The van der Waals surface area contributed by atoms with Gasteiger partial charge in [-0.05, 0) is 51.8 Å². The monoisotopic (exact) mass is 381 g/mol. The maximum atomic E-state index is 12.9. The largest absolute Gasteiger partial charge is 0.355 e. The fourth-order valence-electron chi connectivity index (χ4n) is 3.03.